The van der Waals surface area contributed by atoms with E-state index in [0.29, 0.717) is 12.6 Å². The fourth-order valence-electron chi connectivity index (χ4n) is 2.15. The van der Waals surface area contributed by atoms with E-state index < -0.39 is 0 Å². The zero-order chi connectivity index (χ0) is 13.7. The quantitative estimate of drug-likeness (QED) is 0.668. The predicted molar refractivity (Wildman–Crippen MR) is 75.9 cm³/mol. The highest BCUT2D eigenvalue weighted by Crippen LogP contribution is 2.21. The molecule has 0 radical (unpaired) electrons. The first-order chi connectivity index (χ1) is 9.22. The minimum atomic E-state index is 0.156. The highest BCUT2D eigenvalue weighted by atomic mass is 16.3. The zero-order valence-corrected chi connectivity index (χ0v) is 11.7. The summed E-state index contributed by atoms with van der Waals surface area (Å²) < 4.78 is 5.90. The van der Waals surface area contributed by atoms with Crippen LogP contribution >= 0.6 is 0 Å². The fourth-order valence-corrected chi connectivity index (χ4v) is 2.15. The lowest BCUT2D eigenvalue weighted by atomic mass is 10.2. The van der Waals surface area contributed by atoms with Crippen molar-refractivity contribution in [2.45, 2.75) is 38.9 Å². The molecule has 0 unspecified atom stereocenters. The Kier molecular flexibility index (Phi) is 5.19. The van der Waals surface area contributed by atoms with Crippen LogP contribution in [0.3, 0.4) is 0 Å². The molecule has 19 heavy (non-hydrogen) atoms. The second kappa shape index (κ2) is 6.89. The molecule has 0 spiro atoms. The Labute approximate surface area is 115 Å². The topological polar surface area (TPSA) is 48.6 Å². The largest absolute Gasteiger partial charge is 0.463 e. The van der Waals surface area contributed by atoms with Crippen molar-refractivity contribution in [3.8, 4) is 0 Å². The van der Waals surface area contributed by atoms with Crippen molar-refractivity contribution in [2.24, 2.45) is 0 Å². The molecular formula is C15H24N2O2. The van der Waals surface area contributed by atoms with Crippen LogP contribution in [0.5, 0.6) is 0 Å². The van der Waals surface area contributed by atoms with Crippen LogP contribution in [-0.4, -0.2) is 35.7 Å². The van der Waals surface area contributed by atoms with Crippen LogP contribution < -0.4 is 5.32 Å². The molecule has 0 amide bonds. The van der Waals surface area contributed by atoms with Gasteiger partial charge < -0.3 is 14.8 Å². The van der Waals surface area contributed by atoms with Crippen molar-refractivity contribution in [1.29, 1.82) is 0 Å². The molecule has 2 rings (SSSR count). The molecule has 1 fully saturated rings. The highest BCUT2D eigenvalue weighted by molar-refractivity contribution is 5.20. The summed E-state index contributed by atoms with van der Waals surface area (Å²) in [7, 11) is 0. The summed E-state index contributed by atoms with van der Waals surface area (Å²) in [4.78, 5) is 2.11. The van der Waals surface area contributed by atoms with Crippen molar-refractivity contribution < 1.29 is 9.52 Å². The van der Waals surface area contributed by atoms with Crippen molar-refractivity contribution in [3.05, 3.63) is 35.8 Å². The molecule has 0 saturated heterocycles. The highest BCUT2D eigenvalue weighted by Gasteiger charge is 2.21. The number of aryl methyl sites for hydroxylation is 1. The molecule has 0 atom stereocenters. The molecule has 1 aromatic heterocycles. The van der Waals surface area contributed by atoms with Crippen molar-refractivity contribution >= 4 is 0 Å². The third-order valence-corrected chi connectivity index (χ3v) is 3.38. The van der Waals surface area contributed by atoms with Gasteiger partial charge in [0.15, 0.2) is 0 Å². The number of hydrogen-bond donors (Lipinski definition) is 2. The van der Waals surface area contributed by atoms with Gasteiger partial charge in [0.1, 0.15) is 11.5 Å². The van der Waals surface area contributed by atoms with E-state index in [1.54, 1.807) is 0 Å². The van der Waals surface area contributed by atoms with Crippen LogP contribution in [0, 0.1) is 6.92 Å². The number of furan rings is 1. The van der Waals surface area contributed by atoms with E-state index >= 15 is 0 Å². The van der Waals surface area contributed by atoms with Gasteiger partial charge in [-0.15, -0.1) is 6.58 Å². The Morgan fingerprint density at radius 1 is 1.58 bits per heavy atom. The van der Waals surface area contributed by atoms with Crippen LogP contribution in [0.2, 0.25) is 0 Å². The van der Waals surface area contributed by atoms with Crippen molar-refractivity contribution in [2.75, 3.05) is 19.7 Å². The number of aliphatic hydroxyl groups excluding tert-OH is 1. The lowest BCUT2D eigenvalue weighted by Gasteiger charge is -2.17. The fraction of sp³-hybridized carbons (Fsp3) is 0.600. The van der Waals surface area contributed by atoms with Crippen LogP contribution in [0.15, 0.2) is 23.1 Å². The number of nitrogens with one attached hydrogen (secondary N) is 1. The van der Waals surface area contributed by atoms with Crippen molar-refractivity contribution in [1.82, 2.24) is 10.2 Å². The molecule has 0 aromatic carbocycles. The SMILES string of the molecule is C=CCN(CCO)Cc1cc(C)c(CNC2CC2)o1. The van der Waals surface area contributed by atoms with E-state index in [9.17, 15) is 0 Å². The van der Waals surface area contributed by atoms with Gasteiger partial charge >= 0.3 is 0 Å². The summed E-state index contributed by atoms with van der Waals surface area (Å²) >= 11 is 0. The standard InChI is InChI=1S/C15H24N2O2/c1-3-6-17(7-8-18)11-14-9-12(2)15(19-14)10-16-13-4-5-13/h3,9,13,16,18H,1,4-8,10-11H2,2H3. The first-order valence-corrected chi connectivity index (χ1v) is 6.98. The average Bonchev–Trinajstić information content (AvgIpc) is 3.13. The zero-order valence-electron chi connectivity index (χ0n) is 11.7. The smallest absolute Gasteiger partial charge is 0.120 e. The summed E-state index contributed by atoms with van der Waals surface area (Å²) in [6.45, 7) is 8.92. The molecule has 4 nitrogen and oxygen atoms in total. The van der Waals surface area contributed by atoms with E-state index in [0.717, 1.165) is 31.2 Å². The summed E-state index contributed by atoms with van der Waals surface area (Å²) in [6, 6.07) is 2.79. The number of hydrogen-bond acceptors (Lipinski definition) is 4. The minimum Gasteiger partial charge on any atom is -0.463 e. The van der Waals surface area contributed by atoms with Crippen LogP contribution in [0.1, 0.15) is 29.9 Å². The summed E-state index contributed by atoms with van der Waals surface area (Å²) in [5.41, 5.74) is 1.20. The summed E-state index contributed by atoms with van der Waals surface area (Å²) in [5, 5.41) is 12.5. The van der Waals surface area contributed by atoms with Crippen LogP contribution in [0.4, 0.5) is 0 Å². The molecule has 1 aliphatic carbocycles. The van der Waals surface area contributed by atoms with E-state index in [4.69, 9.17) is 9.52 Å². The molecule has 1 aromatic rings. The lowest BCUT2D eigenvalue weighted by Crippen LogP contribution is -2.26. The third kappa shape index (κ3) is 4.49. The van der Waals surface area contributed by atoms with Crippen molar-refractivity contribution in [3.63, 3.8) is 0 Å². The Balaban J connectivity index is 1.90. The maximum absolute atomic E-state index is 9.04. The first-order valence-electron chi connectivity index (χ1n) is 6.98. The second-order valence-corrected chi connectivity index (χ2v) is 5.22. The summed E-state index contributed by atoms with van der Waals surface area (Å²) in [5.74, 6) is 1.99. The Morgan fingerprint density at radius 3 is 3.00 bits per heavy atom. The molecule has 0 aliphatic heterocycles. The van der Waals surface area contributed by atoms with Crippen LogP contribution in [0.25, 0.3) is 0 Å². The van der Waals surface area contributed by atoms with Gasteiger partial charge in [-0.25, -0.2) is 0 Å². The van der Waals surface area contributed by atoms with Gasteiger partial charge in [-0.1, -0.05) is 6.08 Å². The number of nitrogens with zero attached hydrogens (tertiary/aromatic N) is 1. The van der Waals surface area contributed by atoms with Gasteiger partial charge in [0.25, 0.3) is 0 Å². The van der Waals surface area contributed by atoms with Gasteiger partial charge in [0, 0.05) is 19.1 Å². The molecular weight excluding hydrogens is 240 g/mol. The lowest BCUT2D eigenvalue weighted by molar-refractivity contribution is 0.193. The van der Waals surface area contributed by atoms with Gasteiger partial charge in [-0.05, 0) is 31.4 Å². The molecule has 1 heterocycles. The minimum absolute atomic E-state index is 0.156. The number of rotatable bonds is 9. The van der Waals surface area contributed by atoms with Gasteiger partial charge in [0.05, 0.1) is 19.7 Å². The third-order valence-electron chi connectivity index (χ3n) is 3.38. The Bertz CT molecular complexity index is 410. The maximum atomic E-state index is 9.04. The average molecular weight is 264 g/mol. The Morgan fingerprint density at radius 2 is 2.37 bits per heavy atom. The van der Waals surface area contributed by atoms with Crippen LogP contribution in [-0.2, 0) is 13.1 Å². The molecule has 0 bridgehead atoms. The maximum Gasteiger partial charge on any atom is 0.120 e. The first kappa shape index (κ1) is 14.3. The number of aliphatic hydroxyl groups is 1. The van der Waals surface area contributed by atoms with Gasteiger partial charge in [-0.2, -0.15) is 0 Å². The molecule has 1 saturated carbocycles. The predicted octanol–water partition coefficient (Wildman–Crippen LogP) is 1.82. The molecule has 4 heteroatoms. The van der Waals surface area contributed by atoms with Gasteiger partial charge in [-0.3, -0.25) is 4.90 Å². The van der Waals surface area contributed by atoms with E-state index in [2.05, 4.69) is 29.8 Å². The monoisotopic (exact) mass is 264 g/mol. The second-order valence-electron chi connectivity index (χ2n) is 5.22. The molecule has 106 valence electrons. The normalized spacial score (nSPS) is 15.1. The van der Waals surface area contributed by atoms with Gasteiger partial charge in [0.2, 0.25) is 0 Å². The molecule has 2 N–H and O–H groups in total. The summed E-state index contributed by atoms with van der Waals surface area (Å²) in [6.07, 6.45) is 4.42. The Hall–Kier alpha value is -1.10. The van der Waals surface area contributed by atoms with E-state index in [-0.39, 0.29) is 6.61 Å². The van der Waals surface area contributed by atoms with E-state index in [1.807, 2.05) is 6.08 Å². The van der Waals surface area contributed by atoms with E-state index in [1.165, 1.54) is 18.4 Å². The molecule has 1 aliphatic rings.